The van der Waals surface area contributed by atoms with E-state index < -0.39 is 12.0 Å². The number of carbonyl (C=O) groups excluding carboxylic acids is 1. The first-order valence-electron chi connectivity index (χ1n) is 12.0. The minimum atomic E-state index is -1.05. The summed E-state index contributed by atoms with van der Waals surface area (Å²) in [6.45, 7) is 0.205. The van der Waals surface area contributed by atoms with Crippen molar-refractivity contribution >= 4 is 46.5 Å². The largest absolute Gasteiger partial charge is 0.508 e. The Kier molecular flexibility index (Phi) is 8.41. The number of pyridine rings is 1. The van der Waals surface area contributed by atoms with Crippen molar-refractivity contribution < 1.29 is 19.8 Å². The molecule has 1 aromatic heterocycles. The van der Waals surface area contributed by atoms with E-state index in [9.17, 15) is 19.8 Å². The van der Waals surface area contributed by atoms with Gasteiger partial charge in [-0.25, -0.2) is 4.79 Å². The highest BCUT2D eigenvalue weighted by Crippen LogP contribution is 2.22. The number of amides is 1. The Labute approximate surface area is 226 Å². The highest BCUT2D eigenvalue weighted by Gasteiger charge is 2.21. The number of carbonyl (C=O) groups is 2. The van der Waals surface area contributed by atoms with Crippen LogP contribution in [0.3, 0.4) is 0 Å². The molecule has 0 aliphatic carbocycles. The molecule has 7 nitrogen and oxygen atoms in total. The molecule has 4 aromatic rings. The Morgan fingerprint density at radius 3 is 2.29 bits per heavy atom. The molecule has 194 valence electrons. The van der Waals surface area contributed by atoms with Gasteiger partial charge in [-0.15, -0.1) is 0 Å². The number of carboxylic acid groups (broad SMARTS) is 1. The van der Waals surface area contributed by atoms with Gasteiger partial charge in [-0.05, 0) is 65.6 Å². The third kappa shape index (κ3) is 6.76. The second kappa shape index (κ2) is 11.9. The van der Waals surface area contributed by atoms with Crippen molar-refractivity contribution in [2.24, 2.45) is 0 Å². The summed E-state index contributed by atoms with van der Waals surface area (Å²) in [6, 6.07) is 20.6. The molecule has 0 aliphatic heterocycles. The Hall–Kier alpha value is -4.20. The number of aromatic nitrogens is 1. The van der Waals surface area contributed by atoms with Crippen molar-refractivity contribution in [3.05, 3.63) is 106 Å². The topological polar surface area (TPSA) is 103 Å². The number of likely N-dealkylation sites (N-methyl/N-ethyl adjacent to an activating group) is 1. The van der Waals surface area contributed by atoms with E-state index in [-0.39, 0.29) is 23.8 Å². The number of halogens is 1. The molecular weight excluding hydrogens is 502 g/mol. The van der Waals surface area contributed by atoms with Gasteiger partial charge in [0.25, 0.3) is 0 Å². The highest BCUT2D eigenvalue weighted by atomic mass is 35.5. The Bertz CT molecular complexity index is 1480. The van der Waals surface area contributed by atoms with Crippen LogP contribution >= 0.6 is 11.6 Å². The lowest BCUT2D eigenvalue weighted by atomic mass is 10.0. The van der Waals surface area contributed by atoms with Crippen LogP contribution in [0.4, 0.5) is 0 Å². The fraction of sp³-hybridized carbons (Fsp3) is 0.167. The minimum absolute atomic E-state index is 0.116. The maximum atomic E-state index is 12.8. The van der Waals surface area contributed by atoms with Crippen molar-refractivity contribution in [2.75, 3.05) is 14.1 Å². The van der Waals surface area contributed by atoms with Gasteiger partial charge >= 0.3 is 5.97 Å². The van der Waals surface area contributed by atoms with Crippen LogP contribution in [0, 0.1) is 0 Å². The number of phenolic OH excluding ortho intramolecular Hbond substituents is 1. The fourth-order valence-electron chi connectivity index (χ4n) is 4.09. The number of phenols is 1. The lowest BCUT2D eigenvalue weighted by Gasteiger charge is -2.22. The van der Waals surface area contributed by atoms with Crippen LogP contribution in [0.2, 0.25) is 5.02 Å². The smallest absolute Gasteiger partial charge is 0.336 e. The number of hydrogen-bond donors (Lipinski definition) is 3. The molecule has 1 atom stereocenters. The number of carboxylic acids is 1. The fourth-order valence-corrected chi connectivity index (χ4v) is 4.22. The maximum Gasteiger partial charge on any atom is 0.336 e. The van der Waals surface area contributed by atoms with E-state index in [4.69, 9.17) is 11.6 Å². The Morgan fingerprint density at radius 2 is 1.63 bits per heavy atom. The molecule has 0 aliphatic rings. The Balaban J connectivity index is 1.57. The van der Waals surface area contributed by atoms with Crippen LogP contribution in [0.25, 0.3) is 23.1 Å². The zero-order chi connectivity index (χ0) is 27.2. The number of benzene rings is 3. The molecule has 0 fully saturated rings. The summed E-state index contributed by atoms with van der Waals surface area (Å²) in [5.74, 6) is -1.01. The molecule has 0 saturated carbocycles. The zero-order valence-electron chi connectivity index (χ0n) is 21.1. The van der Waals surface area contributed by atoms with Crippen LogP contribution < -0.4 is 5.32 Å². The summed E-state index contributed by atoms with van der Waals surface area (Å²) in [5.41, 5.74) is 3.91. The molecule has 4 rings (SSSR count). The van der Waals surface area contributed by atoms with E-state index in [1.807, 2.05) is 42.5 Å². The molecule has 3 N–H and O–H groups in total. The molecule has 0 bridgehead atoms. The van der Waals surface area contributed by atoms with Gasteiger partial charge in [0.15, 0.2) is 0 Å². The number of aromatic hydroxyl groups is 1. The molecule has 0 unspecified atom stereocenters. The predicted molar refractivity (Wildman–Crippen MR) is 150 cm³/mol. The highest BCUT2D eigenvalue weighted by molar-refractivity contribution is 6.30. The molecular formula is C30H28ClN3O4. The molecule has 38 heavy (non-hydrogen) atoms. The van der Waals surface area contributed by atoms with Gasteiger partial charge in [0, 0.05) is 31.0 Å². The second-order valence-electron chi connectivity index (χ2n) is 9.16. The first-order valence-corrected chi connectivity index (χ1v) is 12.4. The lowest BCUT2D eigenvalue weighted by Crippen LogP contribution is -2.44. The van der Waals surface area contributed by atoms with Crippen LogP contribution in [-0.4, -0.2) is 52.1 Å². The minimum Gasteiger partial charge on any atom is -0.508 e. The Morgan fingerprint density at radius 1 is 0.974 bits per heavy atom. The first kappa shape index (κ1) is 26.9. The molecule has 1 amide bonds. The standard InChI is InChI=1S/C30H28ClN3O4/c1-34(2)29(36)28(16-21-7-12-24(35)13-8-21)32-18-23-17-26(30(37)38)25-15-20(9-14-27(25)33-23)4-3-19-5-10-22(31)11-6-19/h3-15,17,28,32,35H,16,18H2,1-2H3,(H,37,38)/b4-3+/t28-/m0/s1. The predicted octanol–water partition coefficient (Wildman–Crippen LogP) is 5.25. The zero-order valence-corrected chi connectivity index (χ0v) is 21.8. The molecule has 8 heteroatoms. The molecule has 3 aromatic carbocycles. The van der Waals surface area contributed by atoms with Gasteiger partial charge in [0.2, 0.25) is 5.91 Å². The van der Waals surface area contributed by atoms with E-state index in [1.54, 1.807) is 56.6 Å². The van der Waals surface area contributed by atoms with Crippen molar-refractivity contribution in [2.45, 2.75) is 19.0 Å². The van der Waals surface area contributed by atoms with Gasteiger partial charge in [0.1, 0.15) is 5.75 Å². The molecule has 0 saturated heterocycles. The van der Waals surface area contributed by atoms with Crippen molar-refractivity contribution in [1.29, 1.82) is 0 Å². The molecule has 0 radical (unpaired) electrons. The lowest BCUT2D eigenvalue weighted by molar-refractivity contribution is -0.130. The number of nitrogens with one attached hydrogen (secondary N) is 1. The van der Waals surface area contributed by atoms with Crippen LogP contribution in [-0.2, 0) is 17.8 Å². The summed E-state index contributed by atoms with van der Waals surface area (Å²) < 4.78 is 0. The number of hydrogen-bond acceptors (Lipinski definition) is 5. The van der Waals surface area contributed by atoms with Crippen molar-refractivity contribution in [3.63, 3.8) is 0 Å². The number of rotatable bonds is 9. The van der Waals surface area contributed by atoms with Gasteiger partial charge in [-0.1, -0.05) is 54.1 Å². The summed E-state index contributed by atoms with van der Waals surface area (Å²) in [4.78, 5) is 31.1. The van der Waals surface area contributed by atoms with Gasteiger partial charge in [-0.3, -0.25) is 15.1 Å². The number of aromatic carboxylic acids is 1. The molecule has 1 heterocycles. The van der Waals surface area contributed by atoms with Gasteiger partial charge < -0.3 is 15.1 Å². The average molecular weight is 530 g/mol. The van der Waals surface area contributed by atoms with E-state index >= 15 is 0 Å². The third-order valence-electron chi connectivity index (χ3n) is 6.10. The van der Waals surface area contributed by atoms with E-state index in [0.29, 0.717) is 28.0 Å². The van der Waals surface area contributed by atoms with Crippen LogP contribution in [0.1, 0.15) is 32.7 Å². The number of nitrogens with zero attached hydrogens (tertiary/aromatic N) is 2. The SMILES string of the molecule is CN(C)C(=O)[C@H](Cc1ccc(O)cc1)NCc1cc(C(=O)O)c2cc(/C=C/c3ccc(Cl)cc3)ccc2n1. The summed E-state index contributed by atoms with van der Waals surface area (Å²) >= 11 is 5.95. The molecule has 0 spiro atoms. The van der Waals surface area contributed by atoms with Gasteiger partial charge in [-0.2, -0.15) is 0 Å². The van der Waals surface area contributed by atoms with E-state index in [1.165, 1.54) is 4.90 Å². The average Bonchev–Trinajstić information content (AvgIpc) is 2.90. The van der Waals surface area contributed by atoms with Gasteiger partial charge in [0.05, 0.1) is 22.8 Å². The van der Waals surface area contributed by atoms with Crippen LogP contribution in [0.5, 0.6) is 5.75 Å². The second-order valence-corrected chi connectivity index (χ2v) is 9.60. The summed E-state index contributed by atoms with van der Waals surface area (Å²) in [7, 11) is 3.37. The monoisotopic (exact) mass is 529 g/mol. The normalized spacial score (nSPS) is 12.1. The van der Waals surface area contributed by atoms with Crippen molar-refractivity contribution in [1.82, 2.24) is 15.2 Å². The van der Waals surface area contributed by atoms with Crippen molar-refractivity contribution in [3.8, 4) is 5.75 Å². The van der Waals surface area contributed by atoms with E-state index in [2.05, 4.69) is 10.3 Å². The summed E-state index contributed by atoms with van der Waals surface area (Å²) in [5, 5.41) is 23.9. The quantitative estimate of drug-likeness (QED) is 0.256. The number of fused-ring (bicyclic) bond motifs is 1. The van der Waals surface area contributed by atoms with Crippen LogP contribution in [0.15, 0.2) is 72.8 Å². The third-order valence-corrected chi connectivity index (χ3v) is 6.35. The van der Waals surface area contributed by atoms with E-state index in [0.717, 1.165) is 16.7 Å². The summed E-state index contributed by atoms with van der Waals surface area (Å²) in [6.07, 6.45) is 4.24. The first-order chi connectivity index (χ1) is 18.2. The maximum absolute atomic E-state index is 12.8.